The normalized spacial score (nSPS) is 11.3. The van der Waals surface area contributed by atoms with Crippen LogP contribution in [-0.4, -0.2) is 4.57 Å². The molecule has 3 rings (SSSR count). The second kappa shape index (κ2) is 2.86. The molecule has 1 aromatic heterocycles. The van der Waals surface area contributed by atoms with E-state index in [-0.39, 0.29) is 0 Å². The SMILES string of the molecule is Cc1cn(C)c2ccc3ccccc3c12. The zero-order chi connectivity index (χ0) is 10.4. The minimum Gasteiger partial charge on any atom is -0.350 e. The number of rotatable bonds is 0. The first kappa shape index (κ1) is 8.54. The van der Waals surface area contributed by atoms with Crippen molar-refractivity contribution in [1.82, 2.24) is 4.57 Å². The highest BCUT2D eigenvalue weighted by Crippen LogP contribution is 2.28. The van der Waals surface area contributed by atoms with Gasteiger partial charge in [0.2, 0.25) is 0 Å². The van der Waals surface area contributed by atoms with Crippen LogP contribution in [0, 0.1) is 6.92 Å². The Bertz CT molecular complexity index is 647. The highest BCUT2D eigenvalue weighted by Gasteiger charge is 2.05. The third-order valence-corrected chi connectivity index (χ3v) is 3.07. The maximum absolute atomic E-state index is 2.20. The molecule has 0 aliphatic carbocycles. The van der Waals surface area contributed by atoms with Crippen molar-refractivity contribution < 1.29 is 0 Å². The third kappa shape index (κ3) is 1.09. The van der Waals surface area contributed by atoms with E-state index in [1.807, 2.05) is 0 Å². The summed E-state index contributed by atoms with van der Waals surface area (Å²) in [6, 6.07) is 13.0. The topological polar surface area (TPSA) is 4.93 Å². The van der Waals surface area contributed by atoms with Crippen molar-refractivity contribution in [2.24, 2.45) is 7.05 Å². The van der Waals surface area contributed by atoms with Gasteiger partial charge < -0.3 is 4.57 Å². The molecule has 1 heteroatoms. The number of aromatic nitrogens is 1. The highest BCUT2D eigenvalue weighted by atomic mass is 14.9. The number of benzene rings is 2. The third-order valence-electron chi connectivity index (χ3n) is 3.07. The minimum absolute atomic E-state index is 1.31. The van der Waals surface area contributed by atoms with Crippen molar-refractivity contribution >= 4 is 21.7 Å². The Kier molecular flexibility index (Phi) is 1.63. The van der Waals surface area contributed by atoms with E-state index in [1.54, 1.807) is 0 Å². The maximum atomic E-state index is 2.20. The van der Waals surface area contributed by atoms with Gasteiger partial charge in [-0.25, -0.2) is 0 Å². The van der Waals surface area contributed by atoms with Crippen LogP contribution in [-0.2, 0) is 7.05 Å². The van der Waals surface area contributed by atoms with Crippen LogP contribution in [0.25, 0.3) is 21.7 Å². The Balaban J connectivity index is 2.64. The number of hydrogen-bond acceptors (Lipinski definition) is 0. The summed E-state index contributed by atoms with van der Waals surface area (Å²) in [5.74, 6) is 0. The van der Waals surface area contributed by atoms with E-state index in [9.17, 15) is 0 Å². The maximum Gasteiger partial charge on any atom is 0.0486 e. The smallest absolute Gasteiger partial charge is 0.0486 e. The predicted molar refractivity (Wildman–Crippen MR) is 65.2 cm³/mol. The van der Waals surface area contributed by atoms with E-state index in [1.165, 1.54) is 27.2 Å². The van der Waals surface area contributed by atoms with Crippen LogP contribution in [0.2, 0.25) is 0 Å². The summed E-state index contributed by atoms with van der Waals surface area (Å²) in [7, 11) is 2.10. The van der Waals surface area contributed by atoms with Crippen molar-refractivity contribution in [2.45, 2.75) is 6.92 Å². The molecule has 1 nitrogen and oxygen atoms in total. The molecule has 0 saturated heterocycles. The summed E-state index contributed by atoms with van der Waals surface area (Å²) in [6.45, 7) is 2.18. The lowest BCUT2D eigenvalue weighted by atomic mass is 10.0. The lowest BCUT2D eigenvalue weighted by molar-refractivity contribution is 0.964. The van der Waals surface area contributed by atoms with Gasteiger partial charge in [-0.2, -0.15) is 0 Å². The van der Waals surface area contributed by atoms with Crippen molar-refractivity contribution in [3.8, 4) is 0 Å². The van der Waals surface area contributed by atoms with E-state index < -0.39 is 0 Å². The quantitative estimate of drug-likeness (QED) is 0.516. The zero-order valence-corrected chi connectivity index (χ0v) is 8.99. The monoisotopic (exact) mass is 195 g/mol. The number of nitrogens with zero attached hydrogens (tertiary/aromatic N) is 1. The fourth-order valence-corrected chi connectivity index (χ4v) is 2.39. The molecule has 0 atom stereocenters. The molecule has 1 heterocycles. The van der Waals surface area contributed by atoms with E-state index in [0.29, 0.717) is 0 Å². The zero-order valence-electron chi connectivity index (χ0n) is 8.99. The second-order valence-corrected chi connectivity index (χ2v) is 4.10. The molecule has 0 fully saturated rings. The summed E-state index contributed by atoms with van der Waals surface area (Å²) in [5.41, 5.74) is 2.66. The number of aryl methyl sites for hydroxylation is 2. The van der Waals surface area contributed by atoms with Gasteiger partial charge in [0.25, 0.3) is 0 Å². The summed E-state index contributed by atoms with van der Waals surface area (Å²) in [6.07, 6.45) is 2.19. The summed E-state index contributed by atoms with van der Waals surface area (Å²) in [4.78, 5) is 0. The first-order chi connectivity index (χ1) is 7.27. The van der Waals surface area contributed by atoms with Crippen LogP contribution in [0.4, 0.5) is 0 Å². The fraction of sp³-hybridized carbons (Fsp3) is 0.143. The Morgan fingerprint density at radius 3 is 2.67 bits per heavy atom. The lowest BCUT2D eigenvalue weighted by Gasteiger charge is -2.01. The van der Waals surface area contributed by atoms with Crippen LogP contribution in [0.5, 0.6) is 0 Å². The second-order valence-electron chi connectivity index (χ2n) is 4.10. The molecular weight excluding hydrogens is 182 g/mol. The molecule has 2 aromatic carbocycles. The van der Waals surface area contributed by atoms with Crippen LogP contribution >= 0.6 is 0 Å². The molecule has 0 unspecified atom stereocenters. The summed E-state index contributed by atoms with van der Waals surface area (Å²) in [5, 5.41) is 4.06. The molecule has 74 valence electrons. The molecular formula is C14H13N. The molecule has 0 aliphatic heterocycles. The van der Waals surface area contributed by atoms with Gasteiger partial charge >= 0.3 is 0 Å². The van der Waals surface area contributed by atoms with Crippen LogP contribution in [0.3, 0.4) is 0 Å². The average Bonchev–Trinajstić information content (AvgIpc) is 2.55. The van der Waals surface area contributed by atoms with Crippen LogP contribution in [0.15, 0.2) is 42.6 Å². The molecule has 0 radical (unpaired) electrons. The van der Waals surface area contributed by atoms with Gasteiger partial charge in [0.1, 0.15) is 0 Å². The van der Waals surface area contributed by atoms with Crippen molar-refractivity contribution in [3.63, 3.8) is 0 Å². The van der Waals surface area contributed by atoms with Crippen LogP contribution in [0.1, 0.15) is 5.56 Å². The Morgan fingerprint density at radius 1 is 1.00 bits per heavy atom. The fourth-order valence-electron chi connectivity index (χ4n) is 2.39. The predicted octanol–water partition coefficient (Wildman–Crippen LogP) is 3.64. The molecule has 0 spiro atoms. The Hall–Kier alpha value is -1.76. The number of fused-ring (bicyclic) bond motifs is 3. The van der Waals surface area contributed by atoms with Gasteiger partial charge in [0.15, 0.2) is 0 Å². The molecule has 0 N–H and O–H groups in total. The van der Waals surface area contributed by atoms with Gasteiger partial charge in [-0.05, 0) is 29.3 Å². The number of hydrogen-bond donors (Lipinski definition) is 0. The van der Waals surface area contributed by atoms with Gasteiger partial charge in [-0.3, -0.25) is 0 Å². The largest absolute Gasteiger partial charge is 0.350 e. The van der Waals surface area contributed by atoms with E-state index in [2.05, 4.69) is 61.1 Å². The average molecular weight is 195 g/mol. The molecule has 15 heavy (non-hydrogen) atoms. The van der Waals surface area contributed by atoms with Crippen molar-refractivity contribution in [3.05, 3.63) is 48.2 Å². The van der Waals surface area contributed by atoms with E-state index in [4.69, 9.17) is 0 Å². The van der Waals surface area contributed by atoms with E-state index >= 15 is 0 Å². The van der Waals surface area contributed by atoms with E-state index in [0.717, 1.165) is 0 Å². The standard InChI is InChI=1S/C14H13N/c1-10-9-15(2)13-8-7-11-5-3-4-6-12(11)14(10)13/h3-9H,1-2H3. The van der Waals surface area contributed by atoms with Crippen LogP contribution < -0.4 is 0 Å². The first-order valence-electron chi connectivity index (χ1n) is 5.21. The molecule has 3 aromatic rings. The summed E-state index contributed by atoms with van der Waals surface area (Å²) < 4.78 is 2.19. The van der Waals surface area contributed by atoms with Gasteiger partial charge in [0.05, 0.1) is 0 Å². The Morgan fingerprint density at radius 2 is 1.80 bits per heavy atom. The van der Waals surface area contributed by atoms with Gasteiger partial charge in [0, 0.05) is 24.1 Å². The van der Waals surface area contributed by atoms with Gasteiger partial charge in [-0.1, -0.05) is 30.3 Å². The first-order valence-corrected chi connectivity index (χ1v) is 5.21. The van der Waals surface area contributed by atoms with Crippen molar-refractivity contribution in [1.29, 1.82) is 0 Å². The van der Waals surface area contributed by atoms with Gasteiger partial charge in [-0.15, -0.1) is 0 Å². The van der Waals surface area contributed by atoms with Crippen molar-refractivity contribution in [2.75, 3.05) is 0 Å². The Labute approximate surface area is 88.9 Å². The molecule has 0 aliphatic rings. The minimum atomic E-state index is 1.31. The summed E-state index contributed by atoms with van der Waals surface area (Å²) >= 11 is 0. The molecule has 0 saturated carbocycles. The highest BCUT2D eigenvalue weighted by molar-refractivity contribution is 6.08. The lowest BCUT2D eigenvalue weighted by Crippen LogP contribution is -1.83. The molecule has 0 bridgehead atoms. The molecule has 0 amide bonds.